The molecule has 9 heteroatoms. The quantitative estimate of drug-likeness (QED) is 0.307. The van der Waals surface area contributed by atoms with Gasteiger partial charge in [0.05, 0.1) is 6.61 Å². The molecular weight excluding hydrogens is 334 g/mol. The number of benzene rings is 1. The maximum Gasteiger partial charge on any atom is 0.308 e. The second-order valence-corrected chi connectivity index (χ2v) is 5.70. The number of esters is 1. The second-order valence-electron chi connectivity index (χ2n) is 5.70. The van der Waals surface area contributed by atoms with E-state index in [1.165, 1.54) is 31.2 Å². The number of aliphatic hydroxyl groups excluding tert-OH is 4. The summed E-state index contributed by atoms with van der Waals surface area (Å²) in [6, 6.07) is 5.84. The Kier molecular flexibility index (Phi) is 6.45. The van der Waals surface area contributed by atoms with Gasteiger partial charge in [-0.3, -0.25) is 9.59 Å². The molecule has 1 aromatic carbocycles. The molecule has 0 saturated carbocycles. The van der Waals surface area contributed by atoms with Crippen LogP contribution in [0.4, 0.5) is 0 Å². The summed E-state index contributed by atoms with van der Waals surface area (Å²) in [5.41, 5.74) is 0.292. The summed E-state index contributed by atoms with van der Waals surface area (Å²) in [4.78, 5) is 23.0. The molecule has 0 aliphatic carbocycles. The van der Waals surface area contributed by atoms with Gasteiger partial charge in [-0.05, 0) is 24.3 Å². The molecule has 1 heterocycles. The number of nitrogens with one attached hydrogen (secondary N) is 1. The van der Waals surface area contributed by atoms with E-state index in [0.29, 0.717) is 11.3 Å². The van der Waals surface area contributed by atoms with Crippen molar-refractivity contribution in [2.24, 2.45) is 0 Å². The Hall–Kier alpha value is -2.04. The molecule has 138 valence electrons. The SMILES string of the molecule is CC(=O)Oc1ccc(C(=O)NC[C@@H]2O[C@H](CO)[C@@H](O)[C@H](O)[C@H]2O)cc1. The maximum atomic E-state index is 12.1. The van der Waals surface area contributed by atoms with Crippen molar-refractivity contribution in [3.05, 3.63) is 29.8 Å². The first-order chi connectivity index (χ1) is 11.8. The van der Waals surface area contributed by atoms with Gasteiger partial charge in [-0.2, -0.15) is 0 Å². The Bertz CT molecular complexity index is 603. The van der Waals surface area contributed by atoms with E-state index in [0.717, 1.165) is 0 Å². The smallest absolute Gasteiger partial charge is 0.308 e. The van der Waals surface area contributed by atoms with Gasteiger partial charge in [0, 0.05) is 19.0 Å². The number of hydrogen-bond donors (Lipinski definition) is 5. The van der Waals surface area contributed by atoms with Crippen molar-refractivity contribution >= 4 is 11.9 Å². The number of hydrogen-bond acceptors (Lipinski definition) is 8. The van der Waals surface area contributed by atoms with Crippen molar-refractivity contribution < 1.29 is 39.5 Å². The summed E-state index contributed by atoms with van der Waals surface area (Å²) in [5, 5.41) is 41.0. The van der Waals surface area contributed by atoms with Crippen LogP contribution in [-0.4, -0.2) is 76.0 Å². The van der Waals surface area contributed by atoms with E-state index in [1.807, 2.05) is 0 Å². The molecule has 5 atom stereocenters. The predicted octanol–water partition coefficient (Wildman–Crippen LogP) is -1.82. The van der Waals surface area contributed by atoms with Crippen molar-refractivity contribution in [2.75, 3.05) is 13.2 Å². The largest absolute Gasteiger partial charge is 0.427 e. The number of rotatable bonds is 5. The highest BCUT2D eigenvalue weighted by Gasteiger charge is 2.43. The van der Waals surface area contributed by atoms with Crippen molar-refractivity contribution in [3.63, 3.8) is 0 Å². The molecule has 0 spiro atoms. The van der Waals surface area contributed by atoms with Crippen molar-refractivity contribution in [1.29, 1.82) is 0 Å². The van der Waals surface area contributed by atoms with E-state index in [4.69, 9.17) is 14.6 Å². The number of aliphatic hydroxyl groups is 4. The van der Waals surface area contributed by atoms with Crippen LogP contribution in [0.1, 0.15) is 17.3 Å². The number of ether oxygens (including phenoxy) is 2. The van der Waals surface area contributed by atoms with E-state index in [2.05, 4.69) is 5.32 Å². The lowest BCUT2D eigenvalue weighted by molar-refractivity contribution is -0.227. The van der Waals surface area contributed by atoms with Crippen LogP contribution in [0.25, 0.3) is 0 Å². The molecule has 25 heavy (non-hydrogen) atoms. The lowest BCUT2D eigenvalue weighted by Crippen LogP contribution is -2.60. The molecule has 1 saturated heterocycles. The van der Waals surface area contributed by atoms with E-state index < -0.39 is 49.0 Å². The summed E-state index contributed by atoms with van der Waals surface area (Å²) >= 11 is 0. The lowest BCUT2D eigenvalue weighted by Gasteiger charge is -2.40. The van der Waals surface area contributed by atoms with Gasteiger partial charge >= 0.3 is 5.97 Å². The van der Waals surface area contributed by atoms with Gasteiger partial charge in [-0.25, -0.2) is 0 Å². The zero-order valence-corrected chi connectivity index (χ0v) is 13.5. The molecule has 1 aliphatic rings. The summed E-state index contributed by atoms with van der Waals surface area (Å²) in [5.74, 6) is -0.635. The zero-order chi connectivity index (χ0) is 18.6. The van der Waals surface area contributed by atoms with Crippen LogP contribution in [-0.2, 0) is 9.53 Å². The second kappa shape index (κ2) is 8.37. The standard InChI is InChI=1S/C16H21NO8/c1-8(19)24-10-4-2-9(3-5-10)16(23)17-6-11-13(20)15(22)14(21)12(7-18)25-11/h2-5,11-15,18,20-22H,6-7H2,1H3,(H,17,23)/t11-,12+,13-,14+,15+/m0/s1. The van der Waals surface area contributed by atoms with Crippen LogP contribution in [0, 0.1) is 0 Å². The van der Waals surface area contributed by atoms with E-state index in [9.17, 15) is 24.9 Å². The Morgan fingerprint density at radius 2 is 1.68 bits per heavy atom. The van der Waals surface area contributed by atoms with Gasteiger partial charge in [-0.15, -0.1) is 0 Å². The van der Waals surface area contributed by atoms with Crippen molar-refractivity contribution in [2.45, 2.75) is 37.4 Å². The van der Waals surface area contributed by atoms with Crippen LogP contribution < -0.4 is 10.1 Å². The van der Waals surface area contributed by atoms with E-state index >= 15 is 0 Å². The summed E-state index contributed by atoms with van der Waals surface area (Å²) in [7, 11) is 0. The van der Waals surface area contributed by atoms with E-state index in [-0.39, 0.29) is 6.54 Å². The minimum Gasteiger partial charge on any atom is -0.427 e. The molecule has 5 N–H and O–H groups in total. The fourth-order valence-corrected chi connectivity index (χ4v) is 2.48. The monoisotopic (exact) mass is 355 g/mol. The molecule has 0 unspecified atom stereocenters. The highest BCUT2D eigenvalue weighted by atomic mass is 16.5. The Morgan fingerprint density at radius 1 is 1.08 bits per heavy atom. The Morgan fingerprint density at radius 3 is 2.24 bits per heavy atom. The lowest BCUT2D eigenvalue weighted by atomic mass is 9.95. The molecule has 2 rings (SSSR count). The highest BCUT2D eigenvalue weighted by Crippen LogP contribution is 2.21. The highest BCUT2D eigenvalue weighted by molar-refractivity contribution is 5.94. The van der Waals surface area contributed by atoms with Crippen LogP contribution in [0.15, 0.2) is 24.3 Å². The molecule has 1 aromatic rings. The number of amides is 1. The molecule has 0 aromatic heterocycles. The van der Waals surface area contributed by atoms with Gasteiger partial charge in [0.1, 0.15) is 36.3 Å². The maximum absolute atomic E-state index is 12.1. The Labute approximate surface area is 143 Å². The summed E-state index contributed by atoms with van der Waals surface area (Å²) < 4.78 is 10.2. The van der Waals surface area contributed by atoms with Crippen molar-refractivity contribution in [3.8, 4) is 5.75 Å². The molecule has 1 fully saturated rings. The first-order valence-corrected chi connectivity index (χ1v) is 7.70. The fraction of sp³-hybridized carbons (Fsp3) is 0.500. The first-order valence-electron chi connectivity index (χ1n) is 7.70. The Balaban J connectivity index is 1.93. The molecule has 0 bridgehead atoms. The van der Waals surface area contributed by atoms with Crippen LogP contribution >= 0.6 is 0 Å². The molecule has 9 nitrogen and oxygen atoms in total. The average Bonchev–Trinajstić information content (AvgIpc) is 2.59. The topological polar surface area (TPSA) is 146 Å². The summed E-state index contributed by atoms with van der Waals surface area (Å²) in [6.07, 6.45) is -6.36. The fourth-order valence-electron chi connectivity index (χ4n) is 2.48. The minimum absolute atomic E-state index is 0.133. The van der Waals surface area contributed by atoms with Gasteiger partial charge in [0.2, 0.25) is 0 Å². The predicted molar refractivity (Wildman–Crippen MR) is 83.9 cm³/mol. The van der Waals surface area contributed by atoms with Crippen molar-refractivity contribution in [1.82, 2.24) is 5.32 Å². The minimum atomic E-state index is -1.49. The van der Waals surface area contributed by atoms with Crippen LogP contribution in [0.5, 0.6) is 5.75 Å². The van der Waals surface area contributed by atoms with Crippen LogP contribution in [0.3, 0.4) is 0 Å². The third-order valence-corrected chi connectivity index (χ3v) is 3.83. The zero-order valence-electron chi connectivity index (χ0n) is 13.5. The van der Waals surface area contributed by atoms with Gasteiger partial charge in [0.15, 0.2) is 0 Å². The molecule has 1 aliphatic heterocycles. The normalized spacial score (nSPS) is 29.1. The van der Waals surface area contributed by atoms with Gasteiger partial charge < -0.3 is 35.2 Å². The molecule has 0 radical (unpaired) electrons. The van der Waals surface area contributed by atoms with Crippen LogP contribution in [0.2, 0.25) is 0 Å². The van der Waals surface area contributed by atoms with Gasteiger partial charge in [-0.1, -0.05) is 0 Å². The average molecular weight is 355 g/mol. The third kappa shape index (κ3) is 4.74. The molecule has 1 amide bonds. The third-order valence-electron chi connectivity index (χ3n) is 3.83. The summed E-state index contributed by atoms with van der Waals surface area (Å²) in [6.45, 7) is 0.597. The van der Waals surface area contributed by atoms with Gasteiger partial charge in [0.25, 0.3) is 5.91 Å². The molecular formula is C16H21NO8. The first kappa shape index (κ1) is 19.3. The number of carbonyl (C=O) groups is 2. The number of carbonyl (C=O) groups excluding carboxylic acids is 2. The van der Waals surface area contributed by atoms with E-state index in [1.54, 1.807) is 0 Å².